The molecule has 9 heteroatoms. The lowest BCUT2D eigenvalue weighted by Gasteiger charge is -2.30. The third kappa shape index (κ3) is 5.49. The molecular weight excluding hydrogens is 370 g/mol. The van der Waals surface area contributed by atoms with Crippen molar-refractivity contribution in [1.82, 2.24) is 14.8 Å². The molecule has 1 aromatic rings. The third-order valence-corrected chi connectivity index (χ3v) is 6.57. The zero-order valence-electron chi connectivity index (χ0n) is 16.1. The lowest BCUT2D eigenvalue weighted by atomic mass is 10.2. The molecule has 0 aliphatic carbocycles. The molecule has 1 unspecified atom stereocenters. The first-order valence-corrected chi connectivity index (χ1v) is 10.9. The quantitative estimate of drug-likeness (QED) is 0.600. The first-order chi connectivity index (χ1) is 12.8. The molecule has 0 spiro atoms. The smallest absolute Gasteiger partial charge is 0.356 e. The van der Waals surface area contributed by atoms with Crippen molar-refractivity contribution in [3.05, 3.63) is 29.6 Å². The molecule has 1 aromatic heterocycles. The molecule has 150 valence electrons. The van der Waals surface area contributed by atoms with E-state index in [1.54, 1.807) is 11.0 Å². The standard InChI is InChI=1S/C18H27N3O5S/c1-4-20(5-2)10-11-21(14-9-12-27(24,25)13-14)17(22)15-7-6-8-16(19-15)18(23)26-3/h6-8,14H,4-5,9-13H2,1-3H3. The van der Waals surface area contributed by atoms with E-state index in [1.807, 2.05) is 13.8 Å². The van der Waals surface area contributed by atoms with Crippen LogP contribution in [-0.2, 0) is 14.6 Å². The van der Waals surface area contributed by atoms with Crippen molar-refractivity contribution in [3.8, 4) is 0 Å². The van der Waals surface area contributed by atoms with E-state index in [4.69, 9.17) is 0 Å². The molecular formula is C18H27N3O5S. The Hall–Kier alpha value is -2.00. The highest BCUT2D eigenvalue weighted by Crippen LogP contribution is 2.20. The topological polar surface area (TPSA) is 96.9 Å². The first kappa shape index (κ1) is 21.3. The van der Waals surface area contributed by atoms with Gasteiger partial charge in [0.25, 0.3) is 5.91 Å². The number of sulfone groups is 1. The molecule has 1 atom stereocenters. The van der Waals surface area contributed by atoms with Gasteiger partial charge in [0.15, 0.2) is 9.84 Å². The van der Waals surface area contributed by atoms with Gasteiger partial charge in [-0.2, -0.15) is 0 Å². The number of esters is 1. The minimum Gasteiger partial charge on any atom is -0.464 e. The molecule has 0 bridgehead atoms. The Morgan fingerprint density at radius 2 is 1.85 bits per heavy atom. The second-order valence-corrected chi connectivity index (χ2v) is 8.71. The lowest BCUT2D eigenvalue weighted by Crippen LogP contribution is -2.45. The third-order valence-electron chi connectivity index (χ3n) is 4.82. The number of carbonyl (C=O) groups excluding carboxylic acids is 2. The summed E-state index contributed by atoms with van der Waals surface area (Å²) in [6, 6.07) is 4.20. The van der Waals surface area contributed by atoms with Gasteiger partial charge in [-0.25, -0.2) is 18.2 Å². The van der Waals surface area contributed by atoms with Gasteiger partial charge in [-0.05, 0) is 31.6 Å². The maximum absolute atomic E-state index is 13.1. The number of likely N-dealkylation sites (N-methyl/N-ethyl adjacent to an activating group) is 1. The van der Waals surface area contributed by atoms with Crippen LogP contribution in [0.2, 0.25) is 0 Å². The number of hydrogen-bond donors (Lipinski definition) is 0. The second-order valence-electron chi connectivity index (χ2n) is 6.48. The van der Waals surface area contributed by atoms with Gasteiger partial charge >= 0.3 is 5.97 Å². The van der Waals surface area contributed by atoms with Crippen molar-refractivity contribution in [3.63, 3.8) is 0 Å². The minimum atomic E-state index is -3.13. The van der Waals surface area contributed by atoms with Crippen LogP contribution < -0.4 is 0 Å². The normalized spacial score (nSPS) is 18.4. The van der Waals surface area contributed by atoms with Gasteiger partial charge in [0, 0.05) is 19.1 Å². The maximum Gasteiger partial charge on any atom is 0.356 e. The molecule has 0 radical (unpaired) electrons. The van der Waals surface area contributed by atoms with Gasteiger partial charge in [-0.1, -0.05) is 19.9 Å². The summed E-state index contributed by atoms with van der Waals surface area (Å²) in [5.41, 5.74) is 0.160. The fraction of sp³-hybridized carbons (Fsp3) is 0.611. The largest absolute Gasteiger partial charge is 0.464 e. The van der Waals surface area contributed by atoms with Crippen LogP contribution in [0.3, 0.4) is 0 Å². The highest BCUT2D eigenvalue weighted by Gasteiger charge is 2.35. The molecule has 2 rings (SSSR count). The Labute approximate surface area is 160 Å². The Balaban J connectivity index is 2.26. The molecule has 1 aliphatic heterocycles. The predicted molar refractivity (Wildman–Crippen MR) is 101 cm³/mol. The molecule has 1 fully saturated rings. The van der Waals surface area contributed by atoms with Crippen LogP contribution in [0.5, 0.6) is 0 Å². The van der Waals surface area contributed by atoms with Crippen LogP contribution in [0.25, 0.3) is 0 Å². The SMILES string of the molecule is CCN(CC)CCN(C(=O)c1cccc(C(=O)OC)n1)C1CCS(=O)(=O)C1. The Kier molecular flexibility index (Phi) is 7.32. The molecule has 1 saturated heterocycles. The van der Waals surface area contributed by atoms with Crippen LogP contribution in [0.4, 0.5) is 0 Å². The number of hydrogen-bond acceptors (Lipinski definition) is 7. The van der Waals surface area contributed by atoms with Gasteiger partial charge in [0.2, 0.25) is 0 Å². The highest BCUT2D eigenvalue weighted by atomic mass is 32.2. The minimum absolute atomic E-state index is 0.0340. The zero-order chi connectivity index (χ0) is 20.0. The Morgan fingerprint density at radius 3 is 2.41 bits per heavy atom. The van der Waals surface area contributed by atoms with Gasteiger partial charge in [-0.3, -0.25) is 4.79 Å². The summed E-state index contributed by atoms with van der Waals surface area (Å²) in [7, 11) is -1.89. The zero-order valence-corrected chi connectivity index (χ0v) is 16.9. The summed E-state index contributed by atoms with van der Waals surface area (Å²) in [6.45, 7) is 6.82. The number of pyridine rings is 1. The number of aromatic nitrogens is 1. The number of carbonyl (C=O) groups is 2. The molecule has 0 N–H and O–H groups in total. The number of nitrogens with zero attached hydrogens (tertiary/aromatic N) is 3. The van der Waals surface area contributed by atoms with Gasteiger partial charge in [-0.15, -0.1) is 0 Å². The average Bonchev–Trinajstić information content (AvgIpc) is 3.03. The van der Waals surface area contributed by atoms with Crippen molar-refractivity contribution in [2.45, 2.75) is 26.3 Å². The fourth-order valence-electron chi connectivity index (χ4n) is 3.18. The molecule has 0 aromatic carbocycles. The monoisotopic (exact) mass is 397 g/mol. The van der Waals surface area contributed by atoms with Crippen molar-refractivity contribution >= 4 is 21.7 Å². The van der Waals surface area contributed by atoms with Crippen molar-refractivity contribution in [2.24, 2.45) is 0 Å². The number of rotatable bonds is 8. The summed E-state index contributed by atoms with van der Waals surface area (Å²) in [5, 5.41) is 0. The second kappa shape index (κ2) is 9.27. The van der Waals surface area contributed by atoms with Crippen molar-refractivity contribution in [2.75, 3.05) is 44.8 Å². The van der Waals surface area contributed by atoms with Crippen LogP contribution >= 0.6 is 0 Å². The van der Waals surface area contributed by atoms with Gasteiger partial charge in [0.05, 0.1) is 18.6 Å². The summed E-state index contributed by atoms with van der Waals surface area (Å²) in [4.78, 5) is 32.7. The summed E-state index contributed by atoms with van der Waals surface area (Å²) in [5.74, 6) is -0.937. The van der Waals surface area contributed by atoms with E-state index < -0.39 is 15.8 Å². The molecule has 1 amide bonds. The number of ether oxygens (including phenoxy) is 1. The van der Waals surface area contributed by atoms with Crippen LogP contribution in [0, 0.1) is 0 Å². The Morgan fingerprint density at radius 1 is 1.19 bits per heavy atom. The van der Waals surface area contributed by atoms with E-state index in [-0.39, 0.29) is 34.8 Å². The maximum atomic E-state index is 13.1. The van der Waals surface area contributed by atoms with E-state index in [0.717, 1.165) is 13.1 Å². The lowest BCUT2D eigenvalue weighted by molar-refractivity contribution is 0.0593. The van der Waals surface area contributed by atoms with E-state index >= 15 is 0 Å². The van der Waals surface area contributed by atoms with Crippen LogP contribution in [-0.4, -0.2) is 85.9 Å². The first-order valence-electron chi connectivity index (χ1n) is 9.10. The molecule has 1 aliphatic rings. The van der Waals surface area contributed by atoms with E-state index in [1.165, 1.54) is 19.2 Å². The summed E-state index contributed by atoms with van der Waals surface area (Å²) in [6.07, 6.45) is 0.420. The Bertz CT molecular complexity index is 777. The average molecular weight is 397 g/mol. The fourth-order valence-corrected chi connectivity index (χ4v) is 4.91. The summed E-state index contributed by atoms with van der Waals surface area (Å²) >= 11 is 0. The highest BCUT2D eigenvalue weighted by molar-refractivity contribution is 7.91. The van der Waals surface area contributed by atoms with Crippen LogP contribution in [0.15, 0.2) is 18.2 Å². The molecule has 27 heavy (non-hydrogen) atoms. The number of amides is 1. The van der Waals surface area contributed by atoms with Crippen molar-refractivity contribution < 1.29 is 22.7 Å². The van der Waals surface area contributed by atoms with Gasteiger partial charge < -0.3 is 14.5 Å². The van der Waals surface area contributed by atoms with E-state index in [0.29, 0.717) is 19.5 Å². The van der Waals surface area contributed by atoms with Crippen molar-refractivity contribution in [1.29, 1.82) is 0 Å². The molecule has 2 heterocycles. The van der Waals surface area contributed by atoms with E-state index in [2.05, 4.69) is 14.6 Å². The van der Waals surface area contributed by atoms with Gasteiger partial charge in [0.1, 0.15) is 11.4 Å². The predicted octanol–water partition coefficient (Wildman–Crippen LogP) is 0.839. The molecule has 8 nitrogen and oxygen atoms in total. The molecule has 0 saturated carbocycles. The van der Waals surface area contributed by atoms with E-state index in [9.17, 15) is 18.0 Å². The van der Waals surface area contributed by atoms with Crippen LogP contribution in [0.1, 0.15) is 41.2 Å². The summed E-state index contributed by atoms with van der Waals surface area (Å²) < 4.78 is 28.5. The number of methoxy groups -OCH3 is 1.